The van der Waals surface area contributed by atoms with Crippen molar-refractivity contribution >= 4 is 62.4 Å². The quantitative estimate of drug-likeness (QED) is 0.284. The number of rotatable bonds is 8. The fourth-order valence-electron chi connectivity index (χ4n) is 4.14. The fourth-order valence-corrected chi connectivity index (χ4v) is 7.00. The van der Waals surface area contributed by atoms with Crippen LogP contribution in [0.25, 0.3) is 10.2 Å². The minimum atomic E-state index is 0.00693. The number of aromatic nitrogens is 2. The molecule has 1 aliphatic rings. The van der Waals surface area contributed by atoms with Gasteiger partial charge >= 0.3 is 0 Å². The molecule has 0 aliphatic heterocycles. The Kier molecular flexibility index (Phi) is 7.42. The maximum absolute atomic E-state index is 12.7. The zero-order valence-corrected chi connectivity index (χ0v) is 20.8. The van der Waals surface area contributed by atoms with E-state index in [1.54, 1.807) is 17.4 Å². The lowest BCUT2D eigenvalue weighted by Gasteiger charge is -2.19. The number of aryl methyl sites for hydroxylation is 3. The molecule has 1 aromatic carbocycles. The van der Waals surface area contributed by atoms with E-state index in [0.29, 0.717) is 22.3 Å². The highest BCUT2D eigenvalue weighted by Crippen LogP contribution is 2.40. The number of amides is 1. The number of nitrogens with one attached hydrogen (secondary N) is 1. The van der Waals surface area contributed by atoms with E-state index in [9.17, 15) is 4.79 Å². The van der Waals surface area contributed by atoms with Gasteiger partial charge in [-0.15, -0.1) is 11.3 Å². The zero-order valence-electron chi connectivity index (χ0n) is 17.6. The van der Waals surface area contributed by atoms with Gasteiger partial charge in [-0.3, -0.25) is 4.79 Å². The number of halogens is 2. The smallest absolute Gasteiger partial charge is 0.230 e. The lowest BCUT2D eigenvalue weighted by atomic mass is 9.94. The van der Waals surface area contributed by atoms with Gasteiger partial charge in [0.2, 0.25) is 5.91 Å². The van der Waals surface area contributed by atoms with Crippen molar-refractivity contribution in [3.63, 3.8) is 0 Å². The van der Waals surface area contributed by atoms with Gasteiger partial charge in [0.05, 0.1) is 5.75 Å². The summed E-state index contributed by atoms with van der Waals surface area (Å²) >= 11 is 15.7. The van der Waals surface area contributed by atoms with Crippen molar-refractivity contribution in [2.75, 3.05) is 12.3 Å². The summed E-state index contributed by atoms with van der Waals surface area (Å²) in [5.74, 6) is 1.27. The zero-order chi connectivity index (χ0) is 22.0. The Balaban J connectivity index is 1.42. The third kappa shape index (κ3) is 5.19. The normalized spacial score (nSPS) is 14.1. The molecule has 1 atom stereocenters. The lowest BCUT2D eigenvalue weighted by Crippen LogP contribution is -2.30. The first-order chi connectivity index (χ1) is 15.0. The second kappa shape index (κ2) is 10.1. The van der Waals surface area contributed by atoms with Crippen LogP contribution in [0.15, 0.2) is 23.2 Å². The molecule has 0 saturated carbocycles. The van der Waals surface area contributed by atoms with Gasteiger partial charge in [-0.05, 0) is 55.9 Å². The van der Waals surface area contributed by atoms with Gasteiger partial charge in [-0.2, -0.15) is 0 Å². The first-order valence-electron chi connectivity index (χ1n) is 10.6. The molecular weight excluding hydrogens is 469 g/mol. The molecule has 0 fully saturated rings. The molecule has 31 heavy (non-hydrogen) atoms. The average molecular weight is 495 g/mol. The van der Waals surface area contributed by atoms with Crippen LogP contribution < -0.4 is 5.32 Å². The summed E-state index contributed by atoms with van der Waals surface area (Å²) in [5, 5.41) is 6.47. The van der Waals surface area contributed by atoms with Gasteiger partial charge in [0.1, 0.15) is 15.7 Å². The molecule has 1 aliphatic carbocycles. The highest BCUT2D eigenvalue weighted by molar-refractivity contribution is 8.00. The van der Waals surface area contributed by atoms with E-state index in [2.05, 4.69) is 22.2 Å². The molecule has 1 N–H and O–H groups in total. The number of nitrogens with zero attached hydrogens (tertiary/aromatic N) is 2. The maximum atomic E-state index is 12.7. The molecule has 3 aromatic rings. The summed E-state index contributed by atoms with van der Waals surface area (Å²) in [4.78, 5) is 24.4. The predicted octanol–water partition coefficient (Wildman–Crippen LogP) is 6.59. The van der Waals surface area contributed by atoms with E-state index < -0.39 is 0 Å². The van der Waals surface area contributed by atoms with Crippen molar-refractivity contribution in [1.82, 2.24) is 15.3 Å². The highest BCUT2D eigenvalue weighted by atomic mass is 35.5. The topological polar surface area (TPSA) is 54.9 Å². The Bertz CT molecular complexity index is 1120. The van der Waals surface area contributed by atoms with E-state index in [4.69, 9.17) is 23.2 Å². The molecule has 2 heterocycles. The number of benzene rings is 1. The summed E-state index contributed by atoms with van der Waals surface area (Å²) in [7, 11) is 0. The van der Waals surface area contributed by atoms with Gasteiger partial charge in [0.15, 0.2) is 0 Å². The summed E-state index contributed by atoms with van der Waals surface area (Å²) < 4.78 is 0. The standard InChI is InChI=1S/C23H25Cl2N3OS2/c1-3-5-14(16-9-8-15(24)10-18(16)25)11-26-20(29)12-30-22-21-17-6-4-7-19(17)31-23(21)28-13(2)27-22/h8-10,14H,3-7,11-12H2,1-2H3,(H,26,29)/t14-/m1/s1. The first-order valence-corrected chi connectivity index (χ1v) is 13.2. The predicted molar refractivity (Wildman–Crippen MR) is 132 cm³/mol. The van der Waals surface area contributed by atoms with Gasteiger partial charge in [0.25, 0.3) is 0 Å². The minimum Gasteiger partial charge on any atom is -0.355 e. The maximum Gasteiger partial charge on any atom is 0.230 e. The molecular formula is C23H25Cl2N3OS2. The Morgan fingerprint density at radius 2 is 2.13 bits per heavy atom. The Morgan fingerprint density at radius 1 is 1.29 bits per heavy atom. The number of fused-ring (bicyclic) bond motifs is 3. The van der Waals surface area contributed by atoms with Crippen LogP contribution in [-0.4, -0.2) is 28.2 Å². The van der Waals surface area contributed by atoms with Crippen LogP contribution in [0, 0.1) is 6.92 Å². The Labute approximate surface area is 201 Å². The van der Waals surface area contributed by atoms with E-state index in [1.165, 1.54) is 28.6 Å². The van der Waals surface area contributed by atoms with Gasteiger partial charge < -0.3 is 5.32 Å². The molecule has 4 rings (SSSR count). The molecule has 0 radical (unpaired) electrons. The van der Waals surface area contributed by atoms with Crippen LogP contribution in [0.3, 0.4) is 0 Å². The van der Waals surface area contributed by atoms with E-state index in [0.717, 1.165) is 52.3 Å². The van der Waals surface area contributed by atoms with E-state index in [1.807, 2.05) is 19.1 Å². The second-order valence-corrected chi connectivity index (χ2v) is 10.7. The van der Waals surface area contributed by atoms with Crippen LogP contribution in [0.4, 0.5) is 0 Å². The molecule has 4 nitrogen and oxygen atoms in total. The summed E-state index contributed by atoms with van der Waals surface area (Å²) in [6.07, 6.45) is 5.37. The third-order valence-electron chi connectivity index (χ3n) is 5.57. The summed E-state index contributed by atoms with van der Waals surface area (Å²) in [6, 6.07) is 5.58. The largest absolute Gasteiger partial charge is 0.355 e. The molecule has 1 amide bonds. The SMILES string of the molecule is CCC[C@H](CNC(=O)CSc1nc(C)nc2sc3c(c12)CCC3)c1ccc(Cl)cc1Cl. The number of carbonyl (C=O) groups is 1. The average Bonchev–Trinajstić information content (AvgIpc) is 3.30. The summed E-state index contributed by atoms with van der Waals surface area (Å²) in [6.45, 7) is 4.61. The number of thioether (sulfide) groups is 1. The molecule has 0 saturated heterocycles. The molecule has 2 aromatic heterocycles. The fraction of sp³-hybridized carbons (Fsp3) is 0.435. The van der Waals surface area contributed by atoms with Crippen molar-refractivity contribution in [2.45, 2.75) is 56.9 Å². The second-order valence-electron chi connectivity index (χ2n) is 7.86. The lowest BCUT2D eigenvalue weighted by molar-refractivity contribution is -0.118. The number of thiophene rings is 1. The van der Waals surface area contributed by atoms with Crippen LogP contribution in [0.5, 0.6) is 0 Å². The minimum absolute atomic E-state index is 0.00693. The van der Waals surface area contributed by atoms with Crippen molar-refractivity contribution < 1.29 is 4.79 Å². The van der Waals surface area contributed by atoms with Crippen molar-refractivity contribution in [3.05, 3.63) is 50.1 Å². The van der Waals surface area contributed by atoms with Crippen LogP contribution in [0.2, 0.25) is 10.0 Å². The van der Waals surface area contributed by atoms with E-state index >= 15 is 0 Å². The van der Waals surface area contributed by atoms with Crippen molar-refractivity contribution in [2.24, 2.45) is 0 Å². The highest BCUT2D eigenvalue weighted by Gasteiger charge is 2.22. The van der Waals surface area contributed by atoms with Gasteiger partial charge in [-0.1, -0.05) is 54.4 Å². The van der Waals surface area contributed by atoms with Crippen LogP contribution in [-0.2, 0) is 17.6 Å². The van der Waals surface area contributed by atoms with Crippen LogP contribution in [0.1, 0.15) is 53.9 Å². The van der Waals surface area contributed by atoms with Gasteiger partial charge in [-0.25, -0.2) is 9.97 Å². The van der Waals surface area contributed by atoms with E-state index in [-0.39, 0.29) is 11.8 Å². The monoisotopic (exact) mass is 493 g/mol. The third-order valence-corrected chi connectivity index (χ3v) is 8.29. The molecule has 0 bridgehead atoms. The Morgan fingerprint density at radius 3 is 2.90 bits per heavy atom. The first kappa shape index (κ1) is 22.8. The number of hydrogen-bond acceptors (Lipinski definition) is 5. The van der Waals surface area contributed by atoms with Crippen molar-refractivity contribution in [3.8, 4) is 0 Å². The Hall–Kier alpha value is -1.34. The van der Waals surface area contributed by atoms with Crippen LogP contribution >= 0.6 is 46.3 Å². The van der Waals surface area contributed by atoms with Crippen molar-refractivity contribution in [1.29, 1.82) is 0 Å². The number of hydrogen-bond donors (Lipinski definition) is 1. The molecule has 8 heteroatoms. The molecule has 0 spiro atoms. The molecule has 0 unspecified atom stereocenters. The molecule has 164 valence electrons. The number of carbonyl (C=O) groups excluding carboxylic acids is 1. The van der Waals surface area contributed by atoms with Gasteiger partial charge in [0, 0.05) is 32.8 Å². The summed E-state index contributed by atoms with van der Waals surface area (Å²) in [5.41, 5.74) is 2.42.